The molecule has 1 amide bonds. The summed E-state index contributed by atoms with van der Waals surface area (Å²) in [6, 6.07) is 1.66. The summed E-state index contributed by atoms with van der Waals surface area (Å²) in [5, 5.41) is 19.6. The van der Waals surface area contributed by atoms with Gasteiger partial charge in [-0.05, 0) is 17.6 Å². The Morgan fingerprint density at radius 2 is 1.81 bits per heavy atom. The largest absolute Gasteiger partial charge is 0.488 e. The van der Waals surface area contributed by atoms with Crippen LogP contribution >= 0.6 is 0 Å². The van der Waals surface area contributed by atoms with E-state index in [0.717, 1.165) is 0 Å². The van der Waals surface area contributed by atoms with Crippen molar-refractivity contribution >= 4 is 24.2 Å². The Kier molecular flexibility index (Phi) is 4.74. The number of carbonyl (C=O) groups excluding carboxylic acids is 1. The predicted molar refractivity (Wildman–Crippen MR) is 65.0 cm³/mol. The van der Waals surface area contributed by atoms with Crippen molar-refractivity contribution in [2.75, 3.05) is 5.32 Å². The van der Waals surface area contributed by atoms with E-state index in [9.17, 15) is 26.7 Å². The minimum atomic E-state index is -5.87. The zero-order chi connectivity index (χ0) is 16.4. The normalized spacial score (nSPS) is 12.0. The Bertz CT molecular complexity index is 559. The topological polar surface area (TPSA) is 69.6 Å². The van der Waals surface area contributed by atoms with Crippen molar-refractivity contribution in [2.24, 2.45) is 0 Å². The molecule has 10 heteroatoms. The van der Waals surface area contributed by atoms with Gasteiger partial charge in [0.05, 0.1) is 11.3 Å². The van der Waals surface area contributed by atoms with Gasteiger partial charge in [0.1, 0.15) is 0 Å². The van der Waals surface area contributed by atoms with Gasteiger partial charge in [0.15, 0.2) is 0 Å². The van der Waals surface area contributed by atoms with Crippen LogP contribution in [0.2, 0.25) is 0 Å². The molecule has 0 radical (unpaired) electrons. The number of benzene rings is 1. The molecule has 0 fully saturated rings. The second-order valence-corrected chi connectivity index (χ2v) is 3.94. The minimum Gasteiger partial charge on any atom is -0.423 e. The van der Waals surface area contributed by atoms with Crippen molar-refractivity contribution < 1.29 is 36.8 Å². The van der Waals surface area contributed by atoms with Gasteiger partial charge < -0.3 is 15.4 Å². The van der Waals surface area contributed by atoms with Gasteiger partial charge in [-0.25, -0.2) is 0 Å². The van der Waals surface area contributed by atoms with Gasteiger partial charge in [-0.1, -0.05) is 18.7 Å². The van der Waals surface area contributed by atoms with E-state index in [1.165, 1.54) is 0 Å². The molecule has 0 saturated carbocycles. The fraction of sp³-hybridized carbons (Fsp3) is 0.182. The lowest BCUT2D eigenvalue weighted by Gasteiger charge is -2.23. The molecular weight excluding hydrogens is 300 g/mol. The summed E-state index contributed by atoms with van der Waals surface area (Å²) in [6.45, 7) is 3.03. The quantitative estimate of drug-likeness (QED) is 0.444. The maximum atomic E-state index is 13.4. The Balaban J connectivity index is 3.44. The van der Waals surface area contributed by atoms with Gasteiger partial charge in [0, 0.05) is 0 Å². The van der Waals surface area contributed by atoms with Gasteiger partial charge in [-0.2, -0.15) is 22.0 Å². The second kappa shape index (κ2) is 5.82. The molecule has 21 heavy (non-hydrogen) atoms. The van der Waals surface area contributed by atoms with Gasteiger partial charge in [0.2, 0.25) is 5.91 Å². The first kappa shape index (κ1) is 17.1. The van der Waals surface area contributed by atoms with E-state index in [2.05, 4.69) is 6.58 Å². The molecule has 0 aliphatic rings. The number of rotatable bonds is 4. The van der Waals surface area contributed by atoms with Crippen LogP contribution in [0, 0.1) is 0 Å². The number of anilines is 1. The van der Waals surface area contributed by atoms with Crippen LogP contribution in [-0.2, 0) is 10.7 Å². The molecule has 1 aromatic rings. The van der Waals surface area contributed by atoms with E-state index in [-0.39, 0.29) is 5.46 Å². The van der Waals surface area contributed by atoms with Gasteiger partial charge in [0.25, 0.3) is 0 Å². The molecule has 0 aliphatic carbocycles. The number of alkyl halides is 5. The van der Waals surface area contributed by atoms with Crippen LogP contribution in [0.3, 0.4) is 0 Å². The number of hydrogen-bond acceptors (Lipinski definition) is 3. The molecule has 1 rings (SSSR count). The van der Waals surface area contributed by atoms with Crippen molar-refractivity contribution in [3.05, 3.63) is 36.4 Å². The zero-order valence-electron chi connectivity index (χ0n) is 10.3. The lowest BCUT2D eigenvalue weighted by molar-refractivity contribution is -0.289. The number of nitrogens with one attached hydrogen (secondary N) is 1. The number of carbonyl (C=O) groups is 1. The molecule has 0 aliphatic heterocycles. The van der Waals surface area contributed by atoms with E-state index in [1.54, 1.807) is 5.32 Å². The summed E-state index contributed by atoms with van der Waals surface area (Å²) < 4.78 is 64.0. The summed E-state index contributed by atoms with van der Waals surface area (Å²) >= 11 is 0. The molecule has 0 saturated heterocycles. The Morgan fingerprint density at radius 3 is 2.24 bits per heavy atom. The van der Waals surface area contributed by atoms with Crippen LogP contribution in [-0.4, -0.2) is 29.2 Å². The van der Waals surface area contributed by atoms with E-state index in [0.29, 0.717) is 24.3 Å². The van der Waals surface area contributed by atoms with Crippen molar-refractivity contribution in [2.45, 2.75) is 12.1 Å². The van der Waals surface area contributed by atoms with Gasteiger partial charge >= 0.3 is 19.2 Å². The second-order valence-electron chi connectivity index (χ2n) is 3.94. The van der Waals surface area contributed by atoms with Gasteiger partial charge in [-0.3, -0.25) is 4.79 Å². The van der Waals surface area contributed by atoms with E-state index in [4.69, 9.17) is 10.0 Å². The maximum Gasteiger partial charge on any atom is 0.488 e. The third-order valence-corrected chi connectivity index (χ3v) is 2.48. The van der Waals surface area contributed by atoms with Crippen LogP contribution < -0.4 is 10.8 Å². The first-order valence-electron chi connectivity index (χ1n) is 5.39. The monoisotopic (exact) mass is 309 g/mol. The van der Waals surface area contributed by atoms with Crippen molar-refractivity contribution in [3.8, 4) is 0 Å². The van der Waals surface area contributed by atoms with Crippen LogP contribution in [0.1, 0.15) is 5.56 Å². The highest BCUT2D eigenvalue weighted by Crippen LogP contribution is 2.46. The molecule has 0 aromatic heterocycles. The average Bonchev–Trinajstić information content (AvgIpc) is 2.36. The molecule has 0 atom stereocenters. The van der Waals surface area contributed by atoms with E-state index < -0.39 is 36.4 Å². The summed E-state index contributed by atoms with van der Waals surface area (Å²) in [7, 11) is -2.10. The smallest absolute Gasteiger partial charge is 0.423 e. The van der Waals surface area contributed by atoms with Gasteiger partial charge in [-0.15, -0.1) is 0 Å². The highest BCUT2D eigenvalue weighted by Gasteiger charge is 2.59. The maximum absolute atomic E-state index is 13.4. The van der Waals surface area contributed by atoms with Crippen LogP contribution in [0.5, 0.6) is 0 Å². The summed E-state index contributed by atoms with van der Waals surface area (Å²) in [4.78, 5) is 11.1. The SMILES string of the molecule is C=CC(=O)Nc1cc(B(O)O)ccc1C(F)(F)C(F)(F)F. The molecule has 0 spiro atoms. The third kappa shape index (κ3) is 3.58. The molecule has 114 valence electrons. The highest BCUT2D eigenvalue weighted by atomic mass is 19.4. The third-order valence-electron chi connectivity index (χ3n) is 2.48. The number of halogens is 5. The molecule has 0 bridgehead atoms. The summed E-state index contributed by atoms with van der Waals surface area (Å²) in [5.74, 6) is -6.26. The van der Waals surface area contributed by atoms with E-state index in [1.807, 2.05) is 0 Å². The Hall–Kier alpha value is -1.94. The predicted octanol–water partition coefficient (Wildman–Crippen LogP) is 1.14. The molecule has 0 unspecified atom stereocenters. The Labute approximate surface area is 116 Å². The lowest BCUT2D eigenvalue weighted by atomic mass is 9.79. The zero-order valence-corrected chi connectivity index (χ0v) is 10.3. The standard InChI is InChI=1S/C11H9BF5NO3/c1-2-9(19)18-8-5-6(12(20)21)3-4-7(8)10(13,14)11(15,16)17/h2-5,20-21H,1H2,(H,18,19). The number of hydrogen-bond donors (Lipinski definition) is 3. The van der Waals surface area contributed by atoms with Crippen LogP contribution in [0.25, 0.3) is 0 Å². The number of amides is 1. The fourth-order valence-electron chi connectivity index (χ4n) is 1.44. The molecular formula is C11H9BF5NO3. The summed E-state index contributed by atoms with van der Waals surface area (Å²) in [6.07, 6.45) is -5.21. The lowest BCUT2D eigenvalue weighted by Crippen LogP contribution is -2.36. The van der Waals surface area contributed by atoms with Crippen molar-refractivity contribution in [1.29, 1.82) is 0 Å². The van der Waals surface area contributed by atoms with Crippen molar-refractivity contribution in [3.63, 3.8) is 0 Å². The highest BCUT2D eigenvalue weighted by molar-refractivity contribution is 6.58. The van der Waals surface area contributed by atoms with E-state index >= 15 is 0 Å². The average molecular weight is 309 g/mol. The molecule has 3 N–H and O–H groups in total. The first-order valence-corrected chi connectivity index (χ1v) is 5.39. The van der Waals surface area contributed by atoms with Crippen LogP contribution in [0.4, 0.5) is 27.6 Å². The molecule has 0 heterocycles. The Morgan fingerprint density at radius 1 is 1.24 bits per heavy atom. The fourth-order valence-corrected chi connectivity index (χ4v) is 1.44. The van der Waals surface area contributed by atoms with Crippen LogP contribution in [0.15, 0.2) is 30.9 Å². The first-order chi connectivity index (χ1) is 9.50. The molecule has 4 nitrogen and oxygen atoms in total. The van der Waals surface area contributed by atoms with Crippen molar-refractivity contribution in [1.82, 2.24) is 0 Å². The summed E-state index contributed by atoms with van der Waals surface area (Å²) in [5.41, 5.74) is -2.78. The minimum absolute atomic E-state index is 0.362. The molecule has 1 aromatic carbocycles.